The normalized spacial score (nSPS) is 10.7. The van der Waals surface area contributed by atoms with Crippen molar-refractivity contribution in [2.75, 3.05) is 5.32 Å². The third-order valence-electron chi connectivity index (χ3n) is 4.63. The van der Waals surface area contributed by atoms with Gasteiger partial charge in [-0.3, -0.25) is 9.59 Å². The first-order valence-electron chi connectivity index (χ1n) is 9.61. The minimum Gasteiger partial charge on any atom is -0.488 e. The van der Waals surface area contributed by atoms with E-state index in [4.69, 9.17) is 4.74 Å². The molecule has 0 aliphatic carbocycles. The Balaban J connectivity index is 1.59. The first-order chi connectivity index (χ1) is 14.9. The molecule has 0 unspecified atom stereocenters. The lowest BCUT2D eigenvalue weighted by Crippen LogP contribution is -2.32. The largest absolute Gasteiger partial charge is 0.488 e. The topological polar surface area (TPSA) is 79.8 Å². The van der Waals surface area contributed by atoms with Crippen LogP contribution in [-0.4, -0.2) is 18.0 Å². The number of nitrogens with zero attached hydrogens (tertiary/aromatic N) is 1. The van der Waals surface area contributed by atoms with E-state index in [1.165, 1.54) is 18.3 Å². The van der Waals surface area contributed by atoms with Gasteiger partial charge in [0.1, 0.15) is 18.2 Å². The van der Waals surface area contributed by atoms with Crippen LogP contribution in [0.1, 0.15) is 22.3 Å². The number of para-hydroxylation sites is 1. The van der Waals surface area contributed by atoms with Gasteiger partial charge in [-0.15, -0.1) is 0 Å². The van der Waals surface area contributed by atoms with Crippen molar-refractivity contribution in [3.63, 3.8) is 0 Å². The number of carbonyl (C=O) groups excluding carboxylic acids is 2. The highest BCUT2D eigenvalue weighted by Crippen LogP contribution is 2.19. The van der Waals surface area contributed by atoms with Gasteiger partial charge >= 0.3 is 11.8 Å². The van der Waals surface area contributed by atoms with Gasteiger partial charge in [0.25, 0.3) is 0 Å². The lowest BCUT2D eigenvalue weighted by molar-refractivity contribution is -0.136. The molecule has 0 saturated heterocycles. The fraction of sp³-hybridized carbons (Fsp3) is 0.125. The number of hydrogen-bond donors (Lipinski definition) is 2. The number of halogens is 1. The van der Waals surface area contributed by atoms with Crippen molar-refractivity contribution in [1.29, 1.82) is 0 Å². The second kappa shape index (κ2) is 10.2. The van der Waals surface area contributed by atoms with Crippen LogP contribution in [0.25, 0.3) is 0 Å². The maximum absolute atomic E-state index is 13.3. The third-order valence-corrected chi connectivity index (χ3v) is 4.63. The first-order valence-corrected chi connectivity index (χ1v) is 9.61. The van der Waals surface area contributed by atoms with Crippen LogP contribution in [0, 0.1) is 19.7 Å². The summed E-state index contributed by atoms with van der Waals surface area (Å²) < 4.78 is 19.0. The molecule has 3 rings (SSSR count). The number of benzene rings is 3. The molecule has 0 fully saturated rings. The molecule has 2 N–H and O–H groups in total. The number of rotatable bonds is 6. The zero-order chi connectivity index (χ0) is 22.2. The van der Waals surface area contributed by atoms with Crippen LogP contribution in [0.3, 0.4) is 0 Å². The molecule has 0 aromatic heterocycles. The molecule has 3 aromatic carbocycles. The van der Waals surface area contributed by atoms with Crippen LogP contribution in [0.2, 0.25) is 0 Å². The minimum absolute atomic E-state index is 0.174. The smallest absolute Gasteiger partial charge is 0.329 e. The molecule has 0 radical (unpaired) electrons. The SMILES string of the molecule is Cc1cccc(NC(=O)C(=O)N/N=C\c2ccccc2OCc2cccc(F)c2)c1C. The van der Waals surface area contributed by atoms with Gasteiger partial charge in [0.05, 0.1) is 6.21 Å². The van der Waals surface area contributed by atoms with E-state index in [1.54, 1.807) is 48.5 Å². The molecular formula is C24H22FN3O3. The number of amides is 2. The zero-order valence-electron chi connectivity index (χ0n) is 17.2. The quantitative estimate of drug-likeness (QED) is 0.359. The average molecular weight is 419 g/mol. The van der Waals surface area contributed by atoms with Crippen molar-refractivity contribution in [2.45, 2.75) is 20.5 Å². The number of carbonyl (C=O) groups is 2. The summed E-state index contributed by atoms with van der Waals surface area (Å²) in [5.74, 6) is -1.54. The molecule has 0 atom stereocenters. The second-order valence-corrected chi connectivity index (χ2v) is 6.86. The van der Waals surface area contributed by atoms with Crippen LogP contribution in [-0.2, 0) is 16.2 Å². The summed E-state index contributed by atoms with van der Waals surface area (Å²) >= 11 is 0. The predicted molar refractivity (Wildman–Crippen MR) is 117 cm³/mol. The van der Waals surface area contributed by atoms with Crippen molar-refractivity contribution in [3.05, 3.63) is 94.8 Å². The van der Waals surface area contributed by atoms with Gasteiger partial charge in [-0.1, -0.05) is 36.4 Å². The maximum Gasteiger partial charge on any atom is 0.329 e. The van der Waals surface area contributed by atoms with Gasteiger partial charge < -0.3 is 10.1 Å². The summed E-state index contributed by atoms with van der Waals surface area (Å²) in [7, 11) is 0. The van der Waals surface area contributed by atoms with Crippen LogP contribution in [0.5, 0.6) is 5.75 Å². The highest BCUT2D eigenvalue weighted by Gasteiger charge is 2.14. The van der Waals surface area contributed by atoms with Crippen molar-refractivity contribution in [1.82, 2.24) is 5.43 Å². The molecule has 2 amide bonds. The third kappa shape index (κ3) is 5.99. The summed E-state index contributed by atoms with van der Waals surface area (Å²) in [5, 5.41) is 6.42. The Bertz CT molecular complexity index is 1130. The van der Waals surface area contributed by atoms with Gasteiger partial charge in [-0.25, -0.2) is 9.82 Å². The molecule has 0 heterocycles. The molecule has 7 heteroatoms. The summed E-state index contributed by atoms with van der Waals surface area (Å²) in [6.07, 6.45) is 1.38. The van der Waals surface area contributed by atoms with Crippen LogP contribution >= 0.6 is 0 Å². The highest BCUT2D eigenvalue weighted by atomic mass is 19.1. The average Bonchev–Trinajstić information content (AvgIpc) is 2.76. The fourth-order valence-corrected chi connectivity index (χ4v) is 2.78. The molecule has 3 aromatic rings. The fourth-order valence-electron chi connectivity index (χ4n) is 2.78. The van der Waals surface area contributed by atoms with Gasteiger partial charge in [-0.05, 0) is 60.9 Å². The summed E-state index contributed by atoms with van der Waals surface area (Å²) in [4.78, 5) is 24.2. The number of anilines is 1. The highest BCUT2D eigenvalue weighted by molar-refractivity contribution is 6.39. The van der Waals surface area contributed by atoms with Gasteiger partial charge in [0, 0.05) is 11.3 Å². The van der Waals surface area contributed by atoms with E-state index in [0.29, 0.717) is 22.6 Å². The Morgan fingerprint density at radius 2 is 1.77 bits per heavy atom. The van der Waals surface area contributed by atoms with Crippen molar-refractivity contribution in [2.24, 2.45) is 5.10 Å². The monoisotopic (exact) mass is 419 g/mol. The summed E-state index contributed by atoms with van der Waals surface area (Å²) in [6, 6.07) is 18.6. The lowest BCUT2D eigenvalue weighted by Gasteiger charge is -2.10. The van der Waals surface area contributed by atoms with Crippen molar-refractivity contribution >= 4 is 23.7 Å². The second-order valence-electron chi connectivity index (χ2n) is 6.86. The Morgan fingerprint density at radius 1 is 1.00 bits per heavy atom. The number of nitrogens with one attached hydrogen (secondary N) is 2. The molecule has 0 aliphatic rings. The zero-order valence-corrected chi connectivity index (χ0v) is 17.2. The summed E-state index contributed by atoms with van der Waals surface area (Å²) in [5.41, 5.74) is 5.94. The van der Waals surface area contributed by atoms with Crippen LogP contribution < -0.4 is 15.5 Å². The van der Waals surface area contributed by atoms with E-state index < -0.39 is 11.8 Å². The Hall–Kier alpha value is -4.00. The summed E-state index contributed by atoms with van der Waals surface area (Å²) in [6.45, 7) is 3.96. The van der Waals surface area contributed by atoms with E-state index in [0.717, 1.165) is 11.1 Å². The van der Waals surface area contributed by atoms with Crippen molar-refractivity contribution in [3.8, 4) is 5.75 Å². The minimum atomic E-state index is -0.893. The number of ether oxygens (including phenoxy) is 1. The molecular weight excluding hydrogens is 397 g/mol. The predicted octanol–water partition coefficient (Wildman–Crippen LogP) is 4.11. The maximum atomic E-state index is 13.3. The van der Waals surface area contributed by atoms with E-state index in [9.17, 15) is 14.0 Å². The van der Waals surface area contributed by atoms with E-state index in [1.807, 2.05) is 19.9 Å². The van der Waals surface area contributed by atoms with E-state index in [2.05, 4.69) is 15.8 Å². The van der Waals surface area contributed by atoms with Crippen LogP contribution in [0.4, 0.5) is 10.1 Å². The van der Waals surface area contributed by atoms with Crippen molar-refractivity contribution < 1.29 is 18.7 Å². The molecule has 31 heavy (non-hydrogen) atoms. The van der Waals surface area contributed by atoms with Gasteiger partial charge in [0.2, 0.25) is 0 Å². The molecule has 0 aliphatic heterocycles. The van der Waals surface area contributed by atoms with E-state index >= 15 is 0 Å². The Labute approximate surface area is 179 Å². The number of hydrogen-bond acceptors (Lipinski definition) is 4. The molecule has 0 saturated carbocycles. The molecule has 158 valence electrons. The standard InChI is InChI=1S/C24H22FN3O3/c1-16-7-5-11-21(17(16)2)27-23(29)24(30)28-26-14-19-9-3-4-12-22(19)31-15-18-8-6-10-20(25)13-18/h3-14H,15H2,1-2H3,(H,27,29)(H,28,30)/b26-14-. The Kier molecular flexibility index (Phi) is 7.11. The van der Waals surface area contributed by atoms with E-state index in [-0.39, 0.29) is 12.4 Å². The number of hydrazone groups is 1. The lowest BCUT2D eigenvalue weighted by atomic mass is 10.1. The van der Waals surface area contributed by atoms with Crippen LogP contribution in [0.15, 0.2) is 71.8 Å². The molecule has 6 nitrogen and oxygen atoms in total. The first kappa shape index (κ1) is 21.7. The molecule has 0 bridgehead atoms. The van der Waals surface area contributed by atoms with Gasteiger partial charge in [-0.2, -0.15) is 5.10 Å². The molecule has 0 spiro atoms. The number of aryl methyl sites for hydroxylation is 1. The Morgan fingerprint density at radius 3 is 2.58 bits per heavy atom. The van der Waals surface area contributed by atoms with Gasteiger partial charge in [0.15, 0.2) is 0 Å².